The number of nitrogens with zero attached hydrogens (tertiary/aromatic N) is 2. The number of amides is 1. The lowest BCUT2D eigenvalue weighted by atomic mass is 10.1. The molecule has 0 aliphatic carbocycles. The van der Waals surface area contributed by atoms with E-state index < -0.39 is 0 Å². The molecule has 1 atom stereocenters. The fourth-order valence-electron chi connectivity index (χ4n) is 2.61. The number of nitrogens with one attached hydrogen (secondary N) is 1. The van der Waals surface area contributed by atoms with E-state index >= 15 is 0 Å². The number of hydrogen-bond acceptors (Lipinski definition) is 5. The molecule has 0 spiro atoms. The molecule has 1 aliphatic heterocycles. The van der Waals surface area contributed by atoms with E-state index in [-0.39, 0.29) is 43.2 Å². The first kappa shape index (κ1) is 22.9. The fraction of sp³-hybridized carbons (Fsp3) is 0.625. The molecular formula is C16H28Cl2N4O2. The number of aromatic nitrogens is 1. The van der Waals surface area contributed by atoms with Crippen LogP contribution in [0.5, 0.6) is 0 Å². The first-order valence-electron chi connectivity index (χ1n) is 7.92. The number of ether oxygens (including phenoxy) is 1. The van der Waals surface area contributed by atoms with Gasteiger partial charge in [-0.25, -0.2) is 4.98 Å². The molecule has 0 saturated carbocycles. The summed E-state index contributed by atoms with van der Waals surface area (Å²) in [5.74, 6) is 0.955. The number of rotatable bonds is 7. The molecule has 6 nitrogen and oxygen atoms in total. The molecule has 1 saturated heterocycles. The van der Waals surface area contributed by atoms with Crippen LogP contribution in [0.3, 0.4) is 0 Å². The molecule has 1 aliphatic rings. The number of pyridine rings is 1. The first-order chi connectivity index (χ1) is 10.7. The second-order valence-corrected chi connectivity index (χ2v) is 5.64. The van der Waals surface area contributed by atoms with Crippen molar-refractivity contribution in [3.63, 3.8) is 0 Å². The highest BCUT2D eigenvalue weighted by atomic mass is 35.5. The Morgan fingerprint density at radius 3 is 2.71 bits per heavy atom. The maximum absolute atomic E-state index is 11.9. The first-order valence-corrected chi connectivity index (χ1v) is 7.92. The third-order valence-corrected chi connectivity index (χ3v) is 3.99. The summed E-state index contributed by atoms with van der Waals surface area (Å²) >= 11 is 0. The third-order valence-electron chi connectivity index (χ3n) is 3.99. The Balaban J connectivity index is 0.00000264. The van der Waals surface area contributed by atoms with Crippen molar-refractivity contribution in [3.8, 4) is 0 Å². The Hall–Kier alpha value is -1.08. The molecule has 138 valence electrons. The molecule has 1 aromatic rings. The van der Waals surface area contributed by atoms with Gasteiger partial charge < -0.3 is 20.7 Å². The zero-order valence-electron chi connectivity index (χ0n) is 14.1. The van der Waals surface area contributed by atoms with E-state index in [9.17, 15) is 4.79 Å². The van der Waals surface area contributed by atoms with Crippen LogP contribution in [0.15, 0.2) is 18.3 Å². The van der Waals surface area contributed by atoms with Gasteiger partial charge in [0, 0.05) is 39.5 Å². The van der Waals surface area contributed by atoms with Gasteiger partial charge in [0.15, 0.2) is 0 Å². The van der Waals surface area contributed by atoms with Gasteiger partial charge in [0.05, 0.1) is 12.5 Å². The Morgan fingerprint density at radius 2 is 2.08 bits per heavy atom. The maximum Gasteiger partial charge on any atom is 0.222 e. The van der Waals surface area contributed by atoms with Crippen LogP contribution < -0.4 is 16.0 Å². The standard InChI is InChI=1S/C16H26N4O2.2ClH/c1-22-14(11-17)10-16(21)19-12-13-5-6-18-15(9-13)20-7-3-2-4-8-20;;/h5-6,9,14H,2-4,7-8,10-12,17H2,1H3,(H,19,21);2*1H. The normalized spacial score (nSPS) is 15.0. The average molecular weight is 379 g/mol. The Bertz CT molecular complexity index is 481. The van der Waals surface area contributed by atoms with Crippen molar-refractivity contribution in [2.45, 2.75) is 38.3 Å². The molecular weight excluding hydrogens is 351 g/mol. The highest BCUT2D eigenvalue weighted by Crippen LogP contribution is 2.18. The van der Waals surface area contributed by atoms with Crippen LogP contribution in [0.1, 0.15) is 31.2 Å². The lowest BCUT2D eigenvalue weighted by molar-refractivity contribution is -0.123. The zero-order chi connectivity index (χ0) is 15.8. The monoisotopic (exact) mass is 378 g/mol. The van der Waals surface area contributed by atoms with E-state index in [2.05, 4.69) is 21.3 Å². The Morgan fingerprint density at radius 1 is 1.38 bits per heavy atom. The van der Waals surface area contributed by atoms with Crippen LogP contribution in [0.25, 0.3) is 0 Å². The molecule has 1 amide bonds. The smallest absolute Gasteiger partial charge is 0.222 e. The van der Waals surface area contributed by atoms with Gasteiger partial charge >= 0.3 is 0 Å². The van der Waals surface area contributed by atoms with E-state index in [1.807, 2.05) is 12.3 Å². The van der Waals surface area contributed by atoms with Crippen molar-refractivity contribution in [1.29, 1.82) is 0 Å². The number of methoxy groups -OCH3 is 1. The van der Waals surface area contributed by atoms with Crippen LogP contribution in [0.2, 0.25) is 0 Å². The molecule has 3 N–H and O–H groups in total. The van der Waals surface area contributed by atoms with Gasteiger partial charge in [-0.15, -0.1) is 24.8 Å². The van der Waals surface area contributed by atoms with Gasteiger partial charge in [-0.3, -0.25) is 4.79 Å². The number of halogens is 2. The SMILES string of the molecule is COC(CN)CC(=O)NCc1ccnc(N2CCCCC2)c1.Cl.Cl. The minimum Gasteiger partial charge on any atom is -0.380 e. The fourth-order valence-corrected chi connectivity index (χ4v) is 2.61. The van der Waals surface area contributed by atoms with Crippen LogP contribution in [0, 0.1) is 0 Å². The van der Waals surface area contributed by atoms with Crippen molar-refractivity contribution in [3.05, 3.63) is 23.9 Å². The Kier molecular flexibility index (Phi) is 11.8. The summed E-state index contributed by atoms with van der Waals surface area (Å²) in [6, 6.07) is 3.99. The largest absolute Gasteiger partial charge is 0.380 e. The van der Waals surface area contributed by atoms with E-state index in [0.29, 0.717) is 13.1 Å². The third kappa shape index (κ3) is 7.21. The summed E-state index contributed by atoms with van der Waals surface area (Å²) in [6.07, 6.45) is 5.62. The molecule has 0 bridgehead atoms. The van der Waals surface area contributed by atoms with Crippen molar-refractivity contribution >= 4 is 36.5 Å². The van der Waals surface area contributed by atoms with Gasteiger partial charge in [-0.2, -0.15) is 0 Å². The summed E-state index contributed by atoms with van der Waals surface area (Å²) in [5, 5.41) is 2.91. The number of piperidine rings is 1. The van der Waals surface area contributed by atoms with Gasteiger partial charge in [-0.05, 0) is 37.0 Å². The number of carbonyl (C=O) groups excluding carboxylic acids is 1. The van der Waals surface area contributed by atoms with E-state index in [0.717, 1.165) is 24.5 Å². The molecule has 1 fully saturated rings. The number of carbonyl (C=O) groups is 1. The van der Waals surface area contributed by atoms with Gasteiger partial charge in [0.25, 0.3) is 0 Å². The molecule has 0 radical (unpaired) electrons. The van der Waals surface area contributed by atoms with Crippen LogP contribution in [-0.2, 0) is 16.1 Å². The predicted molar refractivity (Wildman–Crippen MR) is 101 cm³/mol. The van der Waals surface area contributed by atoms with Crippen LogP contribution >= 0.6 is 24.8 Å². The Labute approximate surface area is 156 Å². The summed E-state index contributed by atoms with van der Waals surface area (Å²) in [4.78, 5) is 18.6. The number of nitrogens with two attached hydrogens (primary N) is 1. The van der Waals surface area contributed by atoms with E-state index in [4.69, 9.17) is 10.5 Å². The van der Waals surface area contributed by atoms with Gasteiger partial charge in [-0.1, -0.05) is 0 Å². The zero-order valence-corrected chi connectivity index (χ0v) is 15.7. The van der Waals surface area contributed by atoms with Crippen LogP contribution in [0.4, 0.5) is 5.82 Å². The molecule has 0 aromatic carbocycles. The second-order valence-electron chi connectivity index (χ2n) is 5.64. The molecule has 8 heteroatoms. The highest BCUT2D eigenvalue weighted by molar-refractivity contribution is 5.85. The second kappa shape index (κ2) is 12.3. The minimum atomic E-state index is -0.221. The molecule has 2 rings (SSSR count). The maximum atomic E-state index is 11.9. The van der Waals surface area contributed by atoms with Crippen molar-refractivity contribution < 1.29 is 9.53 Å². The quantitative estimate of drug-likeness (QED) is 0.756. The highest BCUT2D eigenvalue weighted by Gasteiger charge is 2.13. The van der Waals surface area contributed by atoms with Gasteiger partial charge in [0.2, 0.25) is 5.91 Å². The number of hydrogen-bond donors (Lipinski definition) is 2. The predicted octanol–water partition coefficient (Wildman–Crippen LogP) is 1.90. The van der Waals surface area contributed by atoms with Crippen molar-refractivity contribution in [1.82, 2.24) is 10.3 Å². The summed E-state index contributed by atoms with van der Waals surface area (Å²) < 4.78 is 5.12. The molecule has 1 aromatic heterocycles. The summed E-state index contributed by atoms with van der Waals surface area (Å²) in [6.45, 7) is 2.98. The number of anilines is 1. The molecule has 2 heterocycles. The lowest BCUT2D eigenvalue weighted by Crippen LogP contribution is -2.32. The summed E-state index contributed by atoms with van der Waals surface area (Å²) in [5.41, 5.74) is 6.58. The van der Waals surface area contributed by atoms with E-state index in [1.54, 1.807) is 7.11 Å². The van der Waals surface area contributed by atoms with Crippen LogP contribution in [-0.4, -0.2) is 43.7 Å². The van der Waals surface area contributed by atoms with Crippen molar-refractivity contribution in [2.75, 3.05) is 31.6 Å². The van der Waals surface area contributed by atoms with E-state index in [1.165, 1.54) is 19.3 Å². The van der Waals surface area contributed by atoms with Crippen molar-refractivity contribution in [2.24, 2.45) is 5.73 Å². The molecule has 24 heavy (non-hydrogen) atoms. The lowest BCUT2D eigenvalue weighted by Gasteiger charge is -2.27. The molecule has 1 unspecified atom stereocenters. The topological polar surface area (TPSA) is 80.5 Å². The minimum absolute atomic E-state index is 0. The summed E-state index contributed by atoms with van der Waals surface area (Å²) in [7, 11) is 1.57. The average Bonchev–Trinajstić information content (AvgIpc) is 2.59. The van der Waals surface area contributed by atoms with Gasteiger partial charge in [0.1, 0.15) is 5.82 Å².